The predicted octanol–water partition coefficient (Wildman–Crippen LogP) is 5.96. The normalized spacial score (nSPS) is 17.9. The molecule has 6 nitrogen and oxygen atoms in total. The van der Waals surface area contributed by atoms with Gasteiger partial charge in [-0.3, -0.25) is 4.79 Å². The summed E-state index contributed by atoms with van der Waals surface area (Å²) in [5.74, 6) is 0.894. The molecule has 8 heteroatoms. The molecule has 3 heterocycles. The van der Waals surface area contributed by atoms with Gasteiger partial charge in [-0.2, -0.15) is 0 Å². The average molecular weight is 540 g/mol. The van der Waals surface area contributed by atoms with Crippen LogP contribution in [0.3, 0.4) is 0 Å². The molecule has 1 unspecified atom stereocenters. The maximum Gasteiger partial charge on any atom is 0.254 e. The zero-order chi connectivity index (χ0) is 25.8. The van der Waals surface area contributed by atoms with Gasteiger partial charge in [0.05, 0.1) is 6.61 Å². The highest BCUT2D eigenvalue weighted by Crippen LogP contribution is 2.30. The van der Waals surface area contributed by atoms with Crippen LogP contribution in [0.1, 0.15) is 41.6 Å². The Hall–Kier alpha value is -2.80. The molecule has 2 fully saturated rings. The van der Waals surface area contributed by atoms with Crippen LogP contribution in [0.15, 0.2) is 54.7 Å². The number of amides is 1. The Kier molecular flexibility index (Phi) is 8.18. The van der Waals surface area contributed by atoms with Crippen LogP contribution in [0, 0.1) is 0 Å². The van der Waals surface area contributed by atoms with E-state index in [-0.39, 0.29) is 5.91 Å². The number of ether oxygens (including phenoxy) is 1. The van der Waals surface area contributed by atoms with E-state index in [2.05, 4.69) is 14.8 Å². The third-order valence-corrected chi connectivity index (χ3v) is 8.01. The quantitative estimate of drug-likeness (QED) is 0.383. The van der Waals surface area contributed by atoms with Gasteiger partial charge < -0.3 is 20.3 Å². The molecule has 2 aliphatic heterocycles. The highest BCUT2D eigenvalue weighted by atomic mass is 35.5. The maximum atomic E-state index is 13.5. The highest BCUT2D eigenvalue weighted by molar-refractivity contribution is 6.36. The summed E-state index contributed by atoms with van der Waals surface area (Å²) >= 11 is 12.6. The minimum absolute atomic E-state index is 0.0973. The van der Waals surface area contributed by atoms with Crippen LogP contribution in [0.5, 0.6) is 5.75 Å². The zero-order valence-electron chi connectivity index (χ0n) is 20.8. The number of nitrogen functional groups attached to an aromatic ring is 1. The summed E-state index contributed by atoms with van der Waals surface area (Å²) in [7, 11) is 0. The van der Waals surface area contributed by atoms with Gasteiger partial charge in [-0.15, -0.1) is 0 Å². The smallest absolute Gasteiger partial charge is 0.254 e. The standard InChI is InChI=1S/C29H32Cl2N4O2/c30-25-9-4-10-26(31)24(25)11-15-37-27-17-22(18-33-28(27)32)20-6-3-7-21(16-20)29(36)35-14-5-8-23(35)19-34-12-1-2-13-34/h3-4,6-7,9-10,16-18,23H,1-2,5,8,11-15,19H2,(H2,32,33). The number of anilines is 1. The fourth-order valence-corrected chi connectivity index (χ4v) is 5.90. The van der Waals surface area contributed by atoms with Crippen molar-refractivity contribution in [3.05, 3.63) is 75.9 Å². The average Bonchev–Trinajstić information content (AvgIpc) is 3.59. The molecule has 2 aromatic carbocycles. The summed E-state index contributed by atoms with van der Waals surface area (Å²) in [5, 5.41) is 1.22. The van der Waals surface area contributed by atoms with E-state index >= 15 is 0 Å². The Bertz CT molecular complexity index is 1240. The number of carbonyl (C=O) groups is 1. The molecule has 1 amide bonds. The number of carbonyl (C=O) groups excluding carboxylic acids is 1. The first-order chi connectivity index (χ1) is 18.0. The molecule has 0 spiro atoms. The molecule has 3 aromatic rings. The van der Waals surface area contributed by atoms with Crippen LogP contribution in [-0.4, -0.2) is 59.5 Å². The van der Waals surface area contributed by atoms with E-state index in [1.807, 2.05) is 48.5 Å². The molecule has 1 aromatic heterocycles. The van der Waals surface area contributed by atoms with Crippen LogP contribution in [0.4, 0.5) is 5.82 Å². The van der Waals surface area contributed by atoms with Crippen LogP contribution >= 0.6 is 23.2 Å². The third-order valence-electron chi connectivity index (χ3n) is 7.30. The van der Waals surface area contributed by atoms with E-state index in [0.29, 0.717) is 46.2 Å². The van der Waals surface area contributed by atoms with Gasteiger partial charge in [0.2, 0.25) is 0 Å². The number of aromatic nitrogens is 1. The van der Waals surface area contributed by atoms with Gasteiger partial charge in [0.1, 0.15) is 0 Å². The molecular weight excluding hydrogens is 507 g/mol. The zero-order valence-corrected chi connectivity index (χ0v) is 22.3. The van der Waals surface area contributed by atoms with E-state index in [4.69, 9.17) is 33.7 Å². The summed E-state index contributed by atoms with van der Waals surface area (Å²) in [4.78, 5) is 22.4. The molecule has 5 rings (SSSR count). The van der Waals surface area contributed by atoms with Crippen molar-refractivity contribution in [1.29, 1.82) is 0 Å². The number of nitrogens with two attached hydrogens (primary N) is 1. The lowest BCUT2D eigenvalue weighted by molar-refractivity contribution is 0.0709. The number of hydrogen-bond acceptors (Lipinski definition) is 5. The van der Waals surface area contributed by atoms with Crippen molar-refractivity contribution in [2.24, 2.45) is 0 Å². The number of pyridine rings is 1. The van der Waals surface area contributed by atoms with Crippen LogP contribution in [-0.2, 0) is 6.42 Å². The fourth-order valence-electron chi connectivity index (χ4n) is 5.32. The third kappa shape index (κ3) is 6.03. The van der Waals surface area contributed by atoms with Gasteiger partial charge >= 0.3 is 0 Å². The van der Waals surface area contributed by atoms with Crippen LogP contribution in [0.25, 0.3) is 11.1 Å². The first-order valence-electron chi connectivity index (χ1n) is 12.9. The predicted molar refractivity (Wildman–Crippen MR) is 149 cm³/mol. The van der Waals surface area contributed by atoms with Gasteiger partial charge in [0, 0.05) is 52.9 Å². The molecule has 37 heavy (non-hydrogen) atoms. The second-order valence-electron chi connectivity index (χ2n) is 9.79. The van der Waals surface area contributed by atoms with Gasteiger partial charge in [-0.25, -0.2) is 4.98 Å². The minimum Gasteiger partial charge on any atom is -0.489 e. The van der Waals surface area contributed by atoms with E-state index < -0.39 is 0 Å². The monoisotopic (exact) mass is 538 g/mol. The van der Waals surface area contributed by atoms with E-state index in [9.17, 15) is 4.79 Å². The van der Waals surface area contributed by atoms with Crippen molar-refractivity contribution in [3.63, 3.8) is 0 Å². The van der Waals surface area contributed by atoms with E-state index in [0.717, 1.165) is 55.7 Å². The number of hydrogen-bond donors (Lipinski definition) is 1. The Morgan fingerprint density at radius 3 is 2.54 bits per heavy atom. The van der Waals surface area contributed by atoms with Crippen molar-refractivity contribution >= 4 is 34.9 Å². The summed E-state index contributed by atoms with van der Waals surface area (Å²) in [6.45, 7) is 4.44. The molecule has 2 N–H and O–H groups in total. The Balaban J connectivity index is 1.28. The summed E-state index contributed by atoms with van der Waals surface area (Å²) in [6, 6.07) is 15.3. The van der Waals surface area contributed by atoms with Crippen molar-refractivity contribution in [3.8, 4) is 16.9 Å². The molecule has 0 bridgehead atoms. The lowest BCUT2D eigenvalue weighted by Crippen LogP contribution is -2.42. The fraction of sp³-hybridized carbons (Fsp3) is 0.379. The van der Waals surface area contributed by atoms with E-state index in [1.54, 1.807) is 6.20 Å². The molecular formula is C29H32Cl2N4O2. The summed E-state index contributed by atoms with van der Waals surface area (Å²) in [6.07, 6.45) is 6.91. The minimum atomic E-state index is 0.0973. The number of nitrogens with zero attached hydrogens (tertiary/aromatic N) is 3. The number of halogens is 2. The Morgan fingerprint density at radius 1 is 1.00 bits per heavy atom. The highest BCUT2D eigenvalue weighted by Gasteiger charge is 2.31. The SMILES string of the molecule is Nc1ncc(-c2cccc(C(=O)N3CCCC3CN3CCCC3)c2)cc1OCCc1c(Cl)cccc1Cl. The molecule has 0 saturated carbocycles. The number of benzene rings is 2. The van der Waals surface area contributed by atoms with Crippen molar-refractivity contribution < 1.29 is 9.53 Å². The molecule has 194 valence electrons. The van der Waals surface area contributed by atoms with Gasteiger partial charge in [-0.1, -0.05) is 41.4 Å². The number of likely N-dealkylation sites (tertiary alicyclic amines) is 2. The molecule has 1 atom stereocenters. The van der Waals surface area contributed by atoms with Gasteiger partial charge in [0.25, 0.3) is 5.91 Å². The Labute approximate surface area is 228 Å². The van der Waals surface area contributed by atoms with Crippen molar-refractivity contribution in [2.45, 2.75) is 38.1 Å². The molecule has 0 aliphatic carbocycles. The second kappa shape index (κ2) is 11.7. The second-order valence-corrected chi connectivity index (χ2v) is 10.6. The molecule has 2 saturated heterocycles. The number of rotatable bonds is 8. The van der Waals surface area contributed by atoms with Gasteiger partial charge in [-0.05, 0) is 80.2 Å². The summed E-state index contributed by atoms with van der Waals surface area (Å²) < 4.78 is 5.96. The van der Waals surface area contributed by atoms with E-state index in [1.165, 1.54) is 12.8 Å². The first kappa shape index (κ1) is 25.8. The van der Waals surface area contributed by atoms with Gasteiger partial charge in [0.15, 0.2) is 11.6 Å². The molecule has 2 aliphatic rings. The lowest BCUT2D eigenvalue weighted by Gasteiger charge is -2.28. The van der Waals surface area contributed by atoms with Crippen LogP contribution < -0.4 is 10.5 Å². The van der Waals surface area contributed by atoms with Crippen molar-refractivity contribution in [1.82, 2.24) is 14.8 Å². The Morgan fingerprint density at radius 2 is 1.76 bits per heavy atom. The van der Waals surface area contributed by atoms with Crippen LogP contribution in [0.2, 0.25) is 10.0 Å². The van der Waals surface area contributed by atoms with Crippen molar-refractivity contribution in [2.75, 3.05) is 38.5 Å². The largest absolute Gasteiger partial charge is 0.489 e. The molecule has 0 radical (unpaired) electrons. The lowest BCUT2D eigenvalue weighted by atomic mass is 10.0. The first-order valence-corrected chi connectivity index (χ1v) is 13.7. The maximum absolute atomic E-state index is 13.5. The topological polar surface area (TPSA) is 71.7 Å². The summed E-state index contributed by atoms with van der Waals surface area (Å²) in [5.41, 5.74) is 9.36.